The maximum atomic E-state index is 0. The Labute approximate surface area is 62.1 Å². The second-order valence-electron chi connectivity index (χ2n) is 0. The molecular formula is H3BNTiZr. The third-order valence-corrected chi connectivity index (χ3v) is 0. The van der Waals surface area contributed by atoms with Gasteiger partial charge in [-0.2, -0.15) is 0 Å². The van der Waals surface area contributed by atoms with E-state index in [9.17, 15) is 0 Å². The summed E-state index contributed by atoms with van der Waals surface area (Å²) in [5, 5.41) is 0. The van der Waals surface area contributed by atoms with Crippen molar-refractivity contribution >= 4 is 8.41 Å². The topological polar surface area (TPSA) is 35.0 Å². The van der Waals surface area contributed by atoms with Gasteiger partial charge >= 0.3 is 0 Å². The van der Waals surface area contributed by atoms with Crippen LogP contribution in [0.4, 0.5) is 0 Å². The first-order valence-corrected chi connectivity index (χ1v) is 0. The van der Waals surface area contributed by atoms with E-state index in [1.807, 2.05) is 0 Å². The number of hydrogen-bond donors (Lipinski definition) is 1. The fourth-order valence-electron chi connectivity index (χ4n) is 0. The SMILES string of the molecule is N.[B].[Ti].[Zr]. The molecule has 0 saturated heterocycles. The molecule has 4 heteroatoms. The van der Waals surface area contributed by atoms with Gasteiger partial charge in [0.05, 0.1) is 0 Å². The molecular weight excluding hydrogens is 164 g/mol. The van der Waals surface area contributed by atoms with Gasteiger partial charge in [-0.3, -0.25) is 0 Å². The zero-order valence-electron chi connectivity index (χ0n) is 2.28. The van der Waals surface area contributed by atoms with E-state index in [0.29, 0.717) is 0 Å². The standard InChI is InChI=1S/B.H3N.Ti.Zr/h;1H3;;. The molecule has 4 heavy (non-hydrogen) atoms. The molecule has 0 aliphatic carbocycles. The summed E-state index contributed by atoms with van der Waals surface area (Å²) in [5.41, 5.74) is 0. The first-order valence-electron chi connectivity index (χ1n) is 0. The van der Waals surface area contributed by atoms with Crippen LogP contribution in [0.15, 0.2) is 0 Å². The molecule has 0 saturated carbocycles. The van der Waals surface area contributed by atoms with E-state index in [0.717, 1.165) is 0 Å². The van der Waals surface area contributed by atoms with Crippen LogP contribution in [-0.4, -0.2) is 8.41 Å². The van der Waals surface area contributed by atoms with Crippen LogP contribution in [0.2, 0.25) is 0 Å². The van der Waals surface area contributed by atoms with Crippen LogP contribution in [0.3, 0.4) is 0 Å². The molecule has 0 spiro atoms. The average molecular weight is 167 g/mol. The fraction of sp³-hybridized carbons (Fsp3) is 0. The summed E-state index contributed by atoms with van der Waals surface area (Å²) in [4.78, 5) is 0. The Morgan fingerprint density at radius 3 is 1.00 bits per heavy atom. The smallest absolute Gasteiger partial charge is 0 e. The van der Waals surface area contributed by atoms with E-state index in [1.165, 1.54) is 0 Å². The average Bonchev–Trinajstić information content (AvgIpc) is 0. The maximum absolute atomic E-state index is 0. The van der Waals surface area contributed by atoms with Gasteiger partial charge in [0.1, 0.15) is 0 Å². The number of rotatable bonds is 0. The van der Waals surface area contributed by atoms with Gasteiger partial charge in [-0.1, -0.05) is 0 Å². The second-order valence-corrected chi connectivity index (χ2v) is 0. The van der Waals surface area contributed by atoms with Gasteiger partial charge in [-0.15, -0.1) is 0 Å². The molecule has 0 unspecified atom stereocenters. The molecule has 19 valence electrons. The molecule has 0 aromatic carbocycles. The van der Waals surface area contributed by atoms with Gasteiger partial charge in [-0.25, -0.2) is 0 Å². The predicted octanol–water partition coefficient (Wildman–Crippen LogP) is -0.224. The Hall–Kier alpha value is 1.62. The molecule has 0 aromatic rings. The van der Waals surface area contributed by atoms with Crippen LogP contribution in [0.5, 0.6) is 0 Å². The molecule has 0 aliphatic rings. The Morgan fingerprint density at radius 1 is 1.00 bits per heavy atom. The predicted molar refractivity (Wildman–Crippen MR) is 10.8 cm³/mol. The quantitative estimate of drug-likeness (QED) is 0.497. The minimum atomic E-state index is 0. The van der Waals surface area contributed by atoms with Crippen molar-refractivity contribution in [1.29, 1.82) is 0 Å². The van der Waals surface area contributed by atoms with Crippen molar-refractivity contribution in [2.24, 2.45) is 0 Å². The molecule has 3 N–H and O–H groups in total. The van der Waals surface area contributed by atoms with Crippen molar-refractivity contribution in [3.05, 3.63) is 0 Å². The molecule has 3 radical (unpaired) electrons. The molecule has 0 heterocycles. The molecule has 0 aromatic heterocycles. The van der Waals surface area contributed by atoms with Crippen LogP contribution >= 0.6 is 0 Å². The molecule has 0 atom stereocenters. The van der Waals surface area contributed by atoms with E-state index in [4.69, 9.17) is 0 Å². The normalized spacial score (nSPS) is 0. The van der Waals surface area contributed by atoms with Crippen LogP contribution in [-0.2, 0) is 47.9 Å². The van der Waals surface area contributed by atoms with Gasteiger partial charge < -0.3 is 6.15 Å². The Bertz CT molecular complexity index is 8.00. The van der Waals surface area contributed by atoms with E-state index >= 15 is 0 Å². The van der Waals surface area contributed by atoms with Crippen molar-refractivity contribution in [3.63, 3.8) is 0 Å². The van der Waals surface area contributed by atoms with Gasteiger partial charge in [-0.05, 0) is 0 Å². The third-order valence-electron chi connectivity index (χ3n) is 0. The van der Waals surface area contributed by atoms with Crippen LogP contribution in [0.1, 0.15) is 0 Å². The number of hydrogen-bond acceptors (Lipinski definition) is 1. The minimum absolute atomic E-state index is 0. The summed E-state index contributed by atoms with van der Waals surface area (Å²) in [6, 6.07) is 0. The monoisotopic (exact) mass is 166 g/mol. The van der Waals surface area contributed by atoms with Crippen molar-refractivity contribution < 1.29 is 47.9 Å². The first-order chi connectivity index (χ1) is 0. The Morgan fingerprint density at radius 2 is 1.00 bits per heavy atom. The summed E-state index contributed by atoms with van der Waals surface area (Å²) < 4.78 is 0. The molecule has 0 bridgehead atoms. The Balaban J connectivity index is 0. The molecule has 0 aliphatic heterocycles. The van der Waals surface area contributed by atoms with Crippen molar-refractivity contribution in [2.75, 3.05) is 0 Å². The summed E-state index contributed by atoms with van der Waals surface area (Å²) in [7, 11) is 0. The Kier molecular flexibility index (Phi) is 263. The minimum Gasteiger partial charge on any atom is -0.344 e. The summed E-state index contributed by atoms with van der Waals surface area (Å²) in [6.45, 7) is 0. The maximum Gasteiger partial charge on any atom is 0 e. The summed E-state index contributed by atoms with van der Waals surface area (Å²) >= 11 is 0. The van der Waals surface area contributed by atoms with E-state index in [2.05, 4.69) is 0 Å². The fourth-order valence-corrected chi connectivity index (χ4v) is 0. The third kappa shape index (κ3) is 9.46. The van der Waals surface area contributed by atoms with Crippen molar-refractivity contribution in [2.45, 2.75) is 0 Å². The van der Waals surface area contributed by atoms with E-state index in [1.54, 1.807) is 0 Å². The van der Waals surface area contributed by atoms with Gasteiger partial charge in [0.2, 0.25) is 0 Å². The second kappa shape index (κ2) is 23.0. The summed E-state index contributed by atoms with van der Waals surface area (Å²) in [5.74, 6) is 0. The first kappa shape index (κ1) is 45.6. The van der Waals surface area contributed by atoms with Crippen LogP contribution in [0, 0.1) is 0 Å². The van der Waals surface area contributed by atoms with Gasteiger partial charge in [0.25, 0.3) is 0 Å². The van der Waals surface area contributed by atoms with Crippen LogP contribution < -0.4 is 6.15 Å². The van der Waals surface area contributed by atoms with E-state index in [-0.39, 0.29) is 62.5 Å². The molecule has 0 amide bonds. The van der Waals surface area contributed by atoms with Crippen molar-refractivity contribution in [1.82, 2.24) is 6.15 Å². The van der Waals surface area contributed by atoms with Gasteiger partial charge in [0.15, 0.2) is 0 Å². The van der Waals surface area contributed by atoms with Crippen molar-refractivity contribution in [3.8, 4) is 0 Å². The zero-order chi connectivity index (χ0) is 0. The molecule has 0 fully saturated rings. The van der Waals surface area contributed by atoms with Crippen LogP contribution in [0.25, 0.3) is 0 Å². The zero-order valence-corrected chi connectivity index (χ0v) is 6.30. The van der Waals surface area contributed by atoms with Gasteiger partial charge in [0, 0.05) is 56.3 Å². The summed E-state index contributed by atoms with van der Waals surface area (Å²) in [6.07, 6.45) is 0. The largest absolute Gasteiger partial charge is 0.344 e. The molecule has 1 nitrogen and oxygen atoms in total. The molecule has 0 rings (SSSR count). The van der Waals surface area contributed by atoms with E-state index < -0.39 is 0 Å².